The van der Waals surface area contributed by atoms with Crippen molar-refractivity contribution in [3.63, 3.8) is 0 Å². The molecule has 0 aromatic heterocycles. The van der Waals surface area contributed by atoms with Gasteiger partial charge in [0.1, 0.15) is 12.4 Å². The summed E-state index contributed by atoms with van der Waals surface area (Å²) < 4.78 is 5.71. The van der Waals surface area contributed by atoms with Gasteiger partial charge in [-0.3, -0.25) is 4.79 Å². The molecule has 0 unspecified atom stereocenters. The first kappa shape index (κ1) is 14.9. The second kappa shape index (κ2) is 7.27. The number of anilines is 1. The maximum atomic E-state index is 12.2. The second-order valence-corrected chi connectivity index (χ2v) is 5.12. The van der Waals surface area contributed by atoms with E-state index >= 15 is 0 Å². The predicted octanol–water partition coefficient (Wildman–Crippen LogP) is 4.52. The molecule has 0 saturated heterocycles. The van der Waals surface area contributed by atoms with E-state index in [1.807, 2.05) is 72.8 Å². The molecule has 1 N–H and O–H groups in total. The van der Waals surface area contributed by atoms with Crippen LogP contribution in [0.1, 0.15) is 15.9 Å². The van der Waals surface area contributed by atoms with Gasteiger partial charge in [-0.05, 0) is 42.0 Å². The van der Waals surface area contributed by atoms with Crippen LogP contribution in [0.15, 0.2) is 84.9 Å². The van der Waals surface area contributed by atoms with Crippen molar-refractivity contribution in [2.75, 3.05) is 5.32 Å². The fourth-order valence-electron chi connectivity index (χ4n) is 2.17. The van der Waals surface area contributed by atoms with Crippen molar-refractivity contribution in [2.45, 2.75) is 6.61 Å². The first-order valence-corrected chi connectivity index (χ1v) is 7.44. The molecular weight excluding hydrogens is 286 g/mol. The van der Waals surface area contributed by atoms with E-state index in [0.29, 0.717) is 12.2 Å². The summed E-state index contributed by atoms with van der Waals surface area (Å²) in [4.78, 5) is 12.2. The summed E-state index contributed by atoms with van der Waals surface area (Å²) in [5.41, 5.74) is 2.49. The maximum absolute atomic E-state index is 12.2. The molecule has 3 aromatic carbocycles. The molecule has 1 amide bonds. The Balaban J connectivity index is 1.59. The Morgan fingerprint density at radius 3 is 2.04 bits per heavy atom. The van der Waals surface area contributed by atoms with Gasteiger partial charge in [0.2, 0.25) is 0 Å². The summed E-state index contributed by atoms with van der Waals surface area (Å²) in [5.74, 6) is 0.607. The first-order valence-electron chi connectivity index (χ1n) is 7.44. The molecular formula is C20H17NO2. The number of benzene rings is 3. The van der Waals surface area contributed by atoms with Crippen LogP contribution in [-0.2, 0) is 6.61 Å². The fourth-order valence-corrected chi connectivity index (χ4v) is 2.17. The molecule has 0 spiro atoms. The predicted molar refractivity (Wildman–Crippen MR) is 91.6 cm³/mol. The Labute approximate surface area is 135 Å². The molecule has 0 radical (unpaired) electrons. The Hall–Kier alpha value is -3.07. The quantitative estimate of drug-likeness (QED) is 0.752. The van der Waals surface area contributed by atoms with E-state index in [1.54, 1.807) is 12.1 Å². The van der Waals surface area contributed by atoms with E-state index in [9.17, 15) is 4.79 Å². The highest BCUT2D eigenvalue weighted by Gasteiger charge is 2.06. The topological polar surface area (TPSA) is 38.3 Å². The zero-order chi connectivity index (χ0) is 15.9. The number of para-hydroxylation sites is 1. The Bertz CT molecular complexity index is 753. The molecule has 3 nitrogen and oxygen atoms in total. The number of nitrogens with one attached hydrogen (secondary N) is 1. The van der Waals surface area contributed by atoms with Gasteiger partial charge in [-0.1, -0.05) is 48.5 Å². The Kier molecular flexibility index (Phi) is 4.69. The SMILES string of the molecule is O=C(Nc1ccccc1)c1ccc(OCc2ccccc2)cc1. The van der Waals surface area contributed by atoms with Gasteiger partial charge in [-0.15, -0.1) is 0 Å². The summed E-state index contributed by atoms with van der Waals surface area (Å²) in [6.45, 7) is 0.510. The average Bonchev–Trinajstić information content (AvgIpc) is 2.62. The van der Waals surface area contributed by atoms with Gasteiger partial charge in [-0.2, -0.15) is 0 Å². The summed E-state index contributed by atoms with van der Waals surface area (Å²) >= 11 is 0. The van der Waals surface area contributed by atoms with Crippen LogP contribution in [0.4, 0.5) is 5.69 Å². The van der Waals surface area contributed by atoms with Crippen LogP contribution < -0.4 is 10.1 Å². The number of carbonyl (C=O) groups is 1. The lowest BCUT2D eigenvalue weighted by Crippen LogP contribution is -2.11. The van der Waals surface area contributed by atoms with E-state index in [-0.39, 0.29) is 5.91 Å². The lowest BCUT2D eigenvalue weighted by Gasteiger charge is -2.08. The summed E-state index contributed by atoms with van der Waals surface area (Å²) in [6.07, 6.45) is 0. The molecule has 3 rings (SSSR count). The molecule has 0 fully saturated rings. The van der Waals surface area contributed by atoms with Crippen LogP contribution in [0.5, 0.6) is 5.75 Å². The van der Waals surface area contributed by atoms with Crippen molar-refractivity contribution < 1.29 is 9.53 Å². The van der Waals surface area contributed by atoms with Gasteiger partial charge in [0.25, 0.3) is 5.91 Å². The van der Waals surface area contributed by atoms with Gasteiger partial charge >= 0.3 is 0 Å². The van der Waals surface area contributed by atoms with Crippen molar-refractivity contribution in [1.82, 2.24) is 0 Å². The summed E-state index contributed by atoms with van der Waals surface area (Å²) in [5, 5.41) is 2.86. The molecule has 3 heteroatoms. The highest BCUT2D eigenvalue weighted by Crippen LogP contribution is 2.15. The van der Waals surface area contributed by atoms with E-state index in [0.717, 1.165) is 17.0 Å². The number of amides is 1. The second-order valence-electron chi connectivity index (χ2n) is 5.12. The van der Waals surface area contributed by atoms with Crippen LogP contribution in [0.25, 0.3) is 0 Å². The van der Waals surface area contributed by atoms with Crippen molar-refractivity contribution in [3.05, 3.63) is 96.1 Å². The van der Waals surface area contributed by atoms with Crippen molar-refractivity contribution in [1.29, 1.82) is 0 Å². The zero-order valence-corrected chi connectivity index (χ0v) is 12.6. The third-order valence-electron chi connectivity index (χ3n) is 3.40. The molecule has 0 aliphatic rings. The van der Waals surface area contributed by atoms with E-state index < -0.39 is 0 Å². The van der Waals surface area contributed by atoms with E-state index in [2.05, 4.69) is 5.32 Å². The number of ether oxygens (including phenoxy) is 1. The fraction of sp³-hybridized carbons (Fsp3) is 0.0500. The van der Waals surface area contributed by atoms with Gasteiger partial charge in [0.15, 0.2) is 0 Å². The molecule has 0 saturated carbocycles. The molecule has 0 aliphatic heterocycles. The van der Waals surface area contributed by atoms with Crippen molar-refractivity contribution in [3.8, 4) is 5.75 Å². The van der Waals surface area contributed by atoms with Crippen molar-refractivity contribution >= 4 is 11.6 Å². The minimum atomic E-state index is -0.134. The van der Waals surface area contributed by atoms with Crippen LogP contribution in [0.2, 0.25) is 0 Å². The first-order chi connectivity index (χ1) is 11.3. The third-order valence-corrected chi connectivity index (χ3v) is 3.40. The average molecular weight is 303 g/mol. The van der Waals surface area contributed by atoms with Gasteiger partial charge in [0.05, 0.1) is 0 Å². The molecule has 0 bridgehead atoms. The zero-order valence-electron chi connectivity index (χ0n) is 12.6. The standard InChI is InChI=1S/C20H17NO2/c22-20(21-18-9-5-2-6-10-18)17-11-13-19(14-12-17)23-15-16-7-3-1-4-8-16/h1-14H,15H2,(H,21,22). The molecule has 23 heavy (non-hydrogen) atoms. The number of hydrogen-bond acceptors (Lipinski definition) is 2. The lowest BCUT2D eigenvalue weighted by atomic mass is 10.2. The normalized spacial score (nSPS) is 10.1. The molecule has 114 valence electrons. The smallest absolute Gasteiger partial charge is 0.255 e. The number of rotatable bonds is 5. The molecule has 3 aromatic rings. The third kappa shape index (κ3) is 4.20. The van der Waals surface area contributed by atoms with Gasteiger partial charge in [-0.25, -0.2) is 0 Å². The summed E-state index contributed by atoms with van der Waals surface area (Å²) in [6, 6.07) is 26.5. The van der Waals surface area contributed by atoms with Crippen LogP contribution in [-0.4, -0.2) is 5.91 Å². The minimum absolute atomic E-state index is 0.134. The Morgan fingerprint density at radius 1 is 0.783 bits per heavy atom. The Morgan fingerprint density at radius 2 is 1.39 bits per heavy atom. The van der Waals surface area contributed by atoms with Crippen molar-refractivity contribution in [2.24, 2.45) is 0 Å². The molecule has 0 atom stereocenters. The van der Waals surface area contributed by atoms with Gasteiger partial charge < -0.3 is 10.1 Å². The highest BCUT2D eigenvalue weighted by molar-refractivity contribution is 6.04. The van der Waals surface area contributed by atoms with Gasteiger partial charge in [0, 0.05) is 11.3 Å². The van der Waals surface area contributed by atoms with Crippen LogP contribution >= 0.6 is 0 Å². The maximum Gasteiger partial charge on any atom is 0.255 e. The number of carbonyl (C=O) groups excluding carboxylic acids is 1. The van der Waals surface area contributed by atoms with E-state index in [1.165, 1.54) is 0 Å². The van der Waals surface area contributed by atoms with E-state index in [4.69, 9.17) is 4.74 Å². The highest BCUT2D eigenvalue weighted by atomic mass is 16.5. The lowest BCUT2D eigenvalue weighted by molar-refractivity contribution is 0.102. The molecule has 0 aliphatic carbocycles. The number of hydrogen-bond donors (Lipinski definition) is 1. The molecule has 0 heterocycles. The monoisotopic (exact) mass is 303 g/mol. The minimum Gasteiger partial charge on any atom is -0.489 e. The summed E-state index contributed by atoms with van der Waals surface area (Å²) in [7, 11) is 0. The largest absolute Gasteiger partial charge is 0.489 e. The van der Waals surface area contributed by atoms with Crippen LogP contribution in [0.3, 0.4) is 0 Å². The van der Waals surface area contributed by atoms with Crippen LogP contribution in [0, 0.1) is 0 Å².